The molecule has 0 radical (unpaired) electrons. The van der Waals surface area contributed by atoms with Gasteiger partial charge in [-0.1, -0.05) is 231 Å². The summed E-state index contributed by atoms with van der Waals surface area (Å²) >= 11 is 0. The van der Waals surface area contributed by atoms with Crippen molar-refractivity contribution < 1.29 is 85.4 Å². The lowest BCUT2D eigenvalue weighted by Crippen LogP contribution is -2.70. The van der Waals surface area contributed by atoms with Gasteiger partial charge in [0.05, 0.1) is 71.1 Å². The zero-order valence-corrected chi connectivity index (χ0v) is 58.1. The highest BCUT2D eigenvalue weighted by molar-refractivity contribution is 5.91. The molecule has 8 aromatic rings. The van der Waals surface area contributed by atoms with Gasteiger partial charge >= 0.3 is 12.1 Å². The second-order valence-electron chi connectivity index (χ2n) is 26.0. The molecule has 0 aliphatic carbocycles. The molecular formula is C83H92N2O18. The molecule has 12 rings (SSSR count). The van der Waals surface area contributed by atoms with Gasteiger partial charge in [-0.3, -0.25) is 4.79 Å². The van der Waals surface area contributed by atoms with Crippen LogP contribution in [0, 0.1) is 0 Å². The minimum Gasteiger partial charge on any atom is -0.453 e. The van der Waals surface area contributed by atoms with Crippen molar-refractivity contribution in [3.05, 3.63) is 287 Å². The number of esters is 1. The maximum Gasteiger partial charge on any atom is 0.407 e. The Kier molecular flexibility index (Phi) is 28.0. The zero-order chi connectivity index (χ0) is 70.8. The van der Waals surface area contributed by atoms with E-state index in [1.807, 2.05) is 225 Å². The molecule has 4 aliphatic rings. The van der Waals surface area contributed by atoms with Crippen LogP contribution >= 0.6 is 0 Å². The van der Waals surface area contributed by atoms with E-state index in [1.165, 1.54) is 6.92 Å². The first-order valence-electron chi connectivity index (χ1n) is 35.5. The standard InChI is InChI=1S/C83H92N2O18/c1-57-71(92-49-61-33-15-5-16-34-61)75(94-51-63-37-19-7-20-38-63)78(81(98-57)91-46-28-10-27-45-84-83(88)97-53-65-41-23-9-24-42-65)103-80-70(85-58(2)86)74-73(69(99-80)56-90-48-60-31-13-4-14-32-60)102-82-77(96-54-66-43-25-26-44-67(66)79(87)101-74)76(95-52-64-39-21-8-22-40-64)72(93-50-62-35-17-6-18-36-62)68(100-82)55-89-47-59-29-11-3-12-30-59/h3-9,11-26,29-44,57,68-78,80-82H,10,27-28,45-56H2,1-2H3,(H,84,88)(H,85,86)/t57-,68+,69+,70+,71-,72+,73+,74+,75+,76-,77+,78+,80-,81+,82+/m0/s1. The summed E-state index contributed by atoms with van der Waals surface area (Å²) in [5.74, 6) is -1.25. The first kappa shape index (κ1) is 74.2. The van der Waals surface area contributed by atoms with Gasteiger partial charge in [0, 0.05) is 20.1 Å². The third-order valence-corrected chi connectivity index (χ3v) is 18.3. The number of fused-ring (bicyclic) bond motifs is 3. The quantitative estimate of drug-likeness (QED) is 0.0296. The highest BCUT2D eigenvalue weighted by Gasteiger charge is 2.58. The average molecular weight is 1410 g/mol. The summed E-state index contributed by atoms with van der Waals surface area (Å²) in [6.45, 7) is 4.74. The van der Waals surface area contributed by atoms with Gasteiger partial charge < -0.3 is 81.7 Å². The fourth-order valence-electron chi connectivity index (χ4n) is 13.1. The predicted octanol–water partition coefficient (Wildman–Crippen LogP) is 12.5. The number of ether oxygens (including phenoxy) is 15. The van der Waals surface area contributed by atoms with E-state index >= 15 is 4.79 Å². The van der Waals surface area contributed by atoms with Crippen LogP contribution < -0.4 is 10.6 Å². The molecule has 2 amide bonds. The third kappa shape index (κ3) is 21.5. The molecule has 15 atom stereocenters. The number of hydrogen-bond acceptors (Lipinski definition) is 18. The molecule has 20 nitrogen and oxygen atoms in total. The van der Waals surface area contributed by atoms with Gasteiger partial charge in [0.2, 0.25) is 5.91 Å². The lowest BCUT2D eigenvalue weighted by molar-refractivity contribution is -0.380. The topological polar surface area (TPSA) is 214 Å². The Bertz CT molecular complexity index is 3800. The number of benzene rings is 8. The van der Waals surface area contributed by atoms with Crippen LogP contribution in [0.25, 0.3) is 0 Å². The molecule has 542 valence electrons. The highest BCUT2D eigenvalue weighted by Crippen LogP contribution is 2.39. The molecule has 0 saturated carbocycles. The van der Waals surface area contributed by atoms with Gasteiger partial charge in [-0.15, -0.1) is 0 Å². The van der Waals surface area contributed by atoms with E-state index in [1.54, 1.807) is 18.2 Å². The number of amides is 2. The SMILES string of the molecule is CC(=O)N[C@H]1[C@H](O[C@H]2[C@H](OCCCCCNC(=O)OCc3ccccc3)O[C@@H](C)[C@H](OCc3ccccc3)[C@H]2OCc2ccccc2)O[C@H](COCc2ccccc2)[C@H]2O[C@H]3O[C@H](COCc4ccccc4)[C@@H](OCc4ccccc4)[C@H](OCc4ccccc4)[C@H]3OCc3ccccc3C(=O)O[C@H]12. The van der Waals surface area contributed by atoms with Gasteiger partial charge in [0.25, 0.3) is 0 Å². The summed E-state index contributed by atoms with van der Waals surface area (Å²) in [6, 6.07) is 73.9. The average Bonchev–Trinajstić information content (AvgIpc) is 1.66. The monoisotopic (exact) mass is 1400 g/mol. The maximum atomic E-state index is 15.5. The van der Waals surface area contributed by atoms with E-state index in [9.17, 15) is 9.59 Å². The van der Waals surface area contributed by atoms with Crippen molar-refractivity contribution in [2.75, 3.05) is 26.4 Å². The van der Waals surface area contributed by atoms with E-state index in [4.69, 9.17) is 71.1 Å². The molecule has 3 saturated heterocycles. The Morgan fingerprint density at radius 2 is 0.913 bits per heavy atom. The summed E-state index contributed by atoms with van der Waals surface area (Å²) in [7, 11) is 0. The molecule has 0 unspecified atom stereocenters. The largest absolute Gasteiger partial charge is 0.453 e. The van der Waals surface area contributed by atoms with E-state index < -0.39 is 110 Å². The van der Waals surface area contributed by atoms with E-state index in [0.29, 0.717) is 31.4 Å². The molecule has 0 spiro atoms. The second-order valence-corrected chi connectivity index (χ2v) is 26.0. The van der Waals surface area contributed by atoms with Crippen LogP contribution in [-0.2, 0) is 129 Å². The van der Waals surface area contributed by atoms with Crippen molar-refractivity contribution in [2.45, 2.75) is 178 Å². The first-order valence-corrected chi connectivity index (χ1v) is 35.5. The molecule has 8 aromatic carbocycles. The molecule has 4 heterocycles. The Labute approximate surface area is 602 Å². The van der Waals surface area contributed by atoms with Crippen LogP contribution in [-0.4, -0.2) is 136 Å². The number of nitrogens with one attached hydrogen (secondary N) is 2. The number of carbonyl (C=O) groups is 3. The van der Waals surface area contributed by atoms with Crippen LogP contribution in [0.3, 0.4) is 0 Å². The Morgan fingerprint density at radius 3 is 1.46 bits per heavy atom. The molecule has 0 bridgehead atoms. The maximum absolute atomic E-state index is 15.5. The fraction of sp³-hybridized carbons (Fsp3) is 0.386. The lowest BCUT2D eigenvalue weighted by Gasteiger charge is -2.51. The van der Waals surface area contributed by atoms with Gasteiger partial charge in [-0.05, 0) is 76.8 Å². The third-order valence-electron chi connectivity index (χ3n) is 18.3. The summed E-state index contributed by atoms with van der Waals surface area (Å²) in [4.78, 5) is 42.4. The summed E-state index contributed by atoms with van der Waals surface area (Å²) in [5.41, 5.74) is 6.99. The minimum atomic E-state index is -1.50. The number of hydrogen-bond donors (Lipinski definition) is 2. The van der Waals surface area contributed by atoms with E-state index in [-0.39, 0.29) is 78.2 Å². The van der Waals surface area contributed by atoms with Crippen LogP contribution in [0.5, 0.6) is 0 Å². The van der Waals surface area contributed by atoms with Crippen molar-refractivity contribution in [1.29, 1.82) is 0 Å². The normalized spacial score (nSPS) is 25.5. The smallest absolute Gasteiger partial charge is 0.407 e. The Balaban J connectivity index is 0.909. The number of carbonyl (C=O) groups excluding carboxylic acids is 3. The molecule has 2 N–H and O–H groups in total. The van der Waals surface area contributed by atoms with Crippen LogP contribution in [0.1, 0.15) is 88.0 Å². The van der Waals surface area contributed by atoms with E-state index in [2.05, 4.69) is 10.6 Å². The second kappa shape index (κ2) is 38.8. The van der Waals surface area contributed by atoms with Gasteiger partial charge in [0.1, 0.15) is 67.6 Å². The zero-order valence-electron chi connectivity index (χ0n) is 58.1. The Hall–Kier alpha value is -8.55. The molecule has 20 heteroatoms. The van der Waals surface area contributed by atoms with Gasteiger partial charge in [-0.25, -0.2) is 9.59 Å². The van der Waals surface area contributed by atoms with Crippen LogP contribution in [0.4, 0.5) is 4.79 Å². The van der Waals surface area contributed by atoms with Crippen molar-refractivity contribution in [3.63, 3.8) is 0 Å². The van der Waals surface area contributed by atoms with Crippen molar-refractivity contribution in [1.82, 2.24) is 10.6 Å². The number of unbranched alkanes of at least 4 members (excludes halogenated alkanes) is 2. The van der Waals surface area contributed by atoms with Gasteiger partial charge in [-0.2, -0.15) is 0 Å². The minimum absolute atomic E-state index is 0.0146. The summed E-state index contributed by atoms with van der Waals surface area (Å²) < 4.78 is 104. The lowest BCUT2D eigenvalue weighted by atomic mass is 9.94. The van der Waals surface area contributed by atoms with Crippen molar-refractivity contribution in [2.24, 2.45) is 0 Å². The molecule has 0 aromatic heterocycles. The molecule has 4 aliphatic heterocycles. The van der Waals surface area contributed by atoms with Crippen LogP contribution in [0.15, 0.2) is 237 Å². The fourth-order valence-corrected chi connectivity index (χ4v) is 13.1. The Morgan fingerprint density at radius 1 is 0.437 bits per heavy atom. The van der Waals surface area contributed by atoms with Crippen molar-refractivity contribution >= 4 is 18.0 Å². The highest BCUT2D eigenvalue weighted by atomic mass is 16.8. The predicted molar refractivity (Wildman–Crippen MR) is 380 cm³/mol. The van der Waals surface area contributed by atoms with E-state index in [0.717, 1.165) is 38.9 Å². The van der Waals surface area contributed by atoms with Gasteiger partial charge in [0.15, 0.2) is 25.0 Å². The molecular weight excluding hydrogens is 1310 g/mol. The molecule has 3 fully saturated rings. The summed E-state index contributed by atoms with van der Waals surface area (Å²) in [5, 5.41) is 5.97. The first-order chi connectivity index (χ1) is 50.6. The molecule has 103 heavy (non-hydrogen) atoms. The van der Waals surface area contributed by atoms with Crippen molar-refractivity contribution in [3.8, 4) is 0 Å². The van der Waals surface area contributed by atoms with Crippen LogP contribution in [0.2, 0.25) is 0 Å². The summed E-state index contributed by atoms with van der Waals surface area (Å²) in [6.07, 6.45) is -13.9. The number of alkyl carbamates (subject to hydrolysis) is 1. The number of rotatable bonds is 32.